The van der Waals surface area contributed by atoms with Crippen molar-refractivity contribution >= 4 is 11.9 Å². The molecule has 130 valence electrons. The Bertz CT molecular complexity index is 316. The largest absolute Gasteiger partial charge is 0.490 e. The van der Waals surface area contributed by atoms with Crippen LogP contribution in [0.25, 0.3) is 0 Å². The minimum atomic E-state index is -5.01. The number of hydrogen-bond donors (Lipinski definition) is 0. The number of rotatable bonds is 12. The average Bonchev–Trinajstić information content (AvgIpc) is 2.45. The zero-order chi connectivity index (χ0) is 16.8. The van der Waals surface area contributed by atoms with E-state index in [0.717, 1.165) is 19.3 Å². The molecule has 0 aliphatic rings. The van der Waals surface area contributed by atoms with Gasteiger partial charge in [-0.05, 0) is 6.42 Å². The van der Waals surface area contributed by atoms with Gasteiger partial charge >= 0.3 is 18.1 Å². The Labute approximate surface area is 129 Å². The highest BCUT2D eigenvalue weighted by Gasteiger charge is 2.40. The quantitative estimate of drug-likeness (QED) is 0.399. The summed E-state index contributed by atoms with van der Waals surface area (Å²) in [6.07, 6.45) is 4.01. The summed E-state index contributed by atoms with van der Waals surface area (Å²) in [6, 6.07) is 0. The van der Waals surface area contributed by atoms with E-state index >= 15 is 0 Å². The summed E-state index contributed by atoms with van der Waals surface area (Å²) >= 11 is 0. The summed E-state index contributed by atoms with van der Waals surface area (Å²) < 4.78 is 44.0. The lowest BCUT2D eigenvalue weighted by Crippen LogP contribution is -2.27. The number of esters is 2. The summed E-state index contributed by atoms with van der Waals surface area (Å²) in [7, 11) is 0. The van der Waals surface area contributed by atoms with E-state index in [4.69, 9.17) is 0 Å². The fourth-order valence-corrected chi connectivity index (χ4v) is 1.85. The summed E-state index contributed by atoms with van der Waals surface area (Å²) in [5.74, 6) is -2.75. The van der Waals surface area contributed by atoms with Crippen LogP contribution in [0, 0.1) is 0 Å². The minimum Gasteiger partial charge on any atom is -0.462 e. The second kappa shape index (κ2) is 12.3. The summed E-state index contributed by atoms with van der Waals surface area (Å²) in [6.45, 7) is 1.23. The molecule has 0 aliphatic carbocycles. The Morgan fingerprint density at radius 3 is 1.86 bits per heavy atom. The Balaban J connectivity index is 3.39. The van der Waals surface area contributed by atoms with Crippen LogP contribution < -0.4 is 0 Å². The molecule has 0 aromatic heterocycles. The van der Waals surface area contributed by atoms with Crippen LogP contribution in [-0.2, 0) is 19.1 Å². The first-order chi connectivity index (χ1) is 10.4. The molecule has 0 atom stereocenters. The van der Waals surface area contributed by atoms with Gasteiger partial charge in [0.05, 0.1) is 0 Å². The lowest BCUT2D eigenvalue weighted by Gasteiger charge is -2.08. The van der Waals surface area contributed by atoms with Crippen molar-refractivity contribution in [1.29, 1.82) is 0 Å². The third kappa shape index (κ3) is 12.5. The van der Waals surface area contributed by atoms with Crippen molar-refractivity contribution < 1.29 is 32.2 Å². The first-order valence-electron chi connectivity index (χ1n) is 7.77. The molecule has 7 heteroatoms. The molecule has 0 amide bonds. The van der Waals surface area contributed by atoms with E-state index < -0.39 is 24.7 Å². The van der Waals surface area contributed by atoms with Crippen molar-refractivity contribution in [1.82, 2.24) is 0 Å². The molecule has 0 bridgehead atoms. The number of ether oxygens (including phenoxy) is 2. The molecule has 22 heavy (non-hydrogen) atoms. The van der Waals surface area contributed by atoms with Gasteiger partial charge in [-0.2, -0.15) is 13.2 Å². The van der Waals surface area contributed by atoms with Crippen LogP contribution in [0.3, 0.4) is 0 Å². The molecule has 0 aromatic carbocycles. The third-order valence-electron chi connectivity index (χ3n) is 3.05. The maximum atomic E-state index is 11.8. The van der Waals surface area contributed by atoms with E-state index in [1.54, 1.807) is 0 Å². The van der Waals surface area contributed by atoms with Crippen molar-refractivity contribution in [3.8, 4) is 0 Å². The van der Waals surface area contributed by atoms with E-state index in [9.17, 15) is 22.8 Å². The molecule has 0 aromatic rings. The van der Waals surface area contributed by atoms with Gasteiger partial charge in [0.15, 0.2) is 0 Å². The Kier molecular flexibility index (Phi) is 11.6. The Morgan fingerprint density at radius 2 is 1.32 bits per heavy atom. The van der Waals surface area contributed by atoms with Crippen molar-refractivity contribution in [2.24, 2.45) is 0 Å². The van der Waals surface area contributed by atoms with E-state index in [-0.39, 0.29) is 13.0 Å². The molecule has 0 fully saturated rings. The zero-order valence-corrected chi connectivity index (χ0v) is 13.0. The first-order valence-corrected chi connectivity index (χ1v) is 7.77. The lowest BCUT2D eigenvalue weighted by molar-refractivity contribution is -0.201. The third-order valence-corrected chi connectivity index (χ3v) is 3.05. The molecule has 0 saturated carbocycles. The summed E-state index contributed by atoms with van der Waals surface area (Å²) in [5, 5.41) is 0. The number of alkyl halides is 3. The fourth-order valence-electron chi connectivity index (χ4n) is 1.85. The Morgan fingerprint density at radius 1 is 0.818 bits per heavy atom. The predicted molar refractivity (Wildman–Crippen MR) is 75.2 cm³/mol. The van der Waals surface area contributed by atoms with E-state index in [1.165, 1.54) is 25.7 Å². The number of halogens is 3. The normalized spacial score (nSPS) is 11.3. The van der Waals surface area contributed by atoms with Gasteiger partial charge in [0.2, 0.25) is 0 Å². The van der Waals surface area contributed by atoms with E-state index in [1.807, 2.05) is 0 Å². The van der Waals surface area contributed by atoms with Crippen molar-refractivity contribution in [3.63, 3.8) is 0 Å². The van der Waals surface area contributed by atoms with Crippen LogP contribution in [0.4, 0.5) is 13.2 Å². The highest BCUT2D eigenvalue weighted by Crippen LogP contribution is 2.16. The van der Waals surface area contributed by atoms with Gasteiger partial charge in [-0.25, -0.2) is 4.79 Å². The fraction of sp³-hybridized carbons (Fsp3) is 0.867. The highest BCUT2D eigenvalue weighted by molar-refractivity contribution is 5.75. The van der Waals surface area contributed by atoms with Crippen molar-refractivity contribution in [3.05, 3.63) is 0 Å². The first kappa shape index (κ1) is 20.7. The molecule has 4 nitrogen and oxygen atoms in total. The van der Waals surface area contributed by atoms with Gasteiger partial charge in [-0.15, -0.1) is 0 Å². The SMILES string of the molecule is CCCCCCCCCCC(=O)OCCOC(=O)C(F)(F)F. The average molecular weight is 326 g/mol. The second-order valence-corrected chi connectivity index (χ2v) is 5.08. The maximum Gasteiger partial charge on any atom is 0.490 e. The van der Waals surface area contributed by atoms with Crippen LogP contribution in [-0.4, -0.2) is 31.3 Å². The van der Waals surface area contributed by atoms with Gasteiger partial charge in [-0.3, -0.25) is 4.79 Å². The van der Waals surface area contributed by atoms with Gasteiger partial charge in [0.1, 0.15) is 13.2 Å². The number of carbonyl (C=O) groups is 2. The monoisotopic (exact) mass is 326 g/mol. The molecule has 0 radical (unpaired) electrons. The smallest absolute Gasteiger partial charge is 0.462 e. The predicted octanol–water partition coefficient (Wildman–Crippen LogP) is 4.17. The lowest BCUT2D eigenvalue weighted by atomic mass is 10.1. The van der Waals surface area contributed by atoms with Crippen LogP contribution in [0.15, 0.2) is 0 Å². The van der Waals surface area contributed by atoms with Crippen molar-refractivity contribution in [2.75, 3.05) is 13.2 Å². The van der Waals surface area contributed by atoms with Crippen LogP contribution in [0.1, 0.15) is 64.7 Å². The van der Waals surface area contributed by atoms with Gasteiger partial charge in [0, 0.05) is 6.42 Å². The number of unbranched alkanes of at least 4 members (excludes halogenated alkanes) is 7. The molecule has 0 spiro atoms. The van der Waals surface area contributed by atoms with E-state index in [2.05, 4.69) is 16.4 Å². The number of carbonyl (C=O) groups excluding carboxylic acids is 2. The Hall–Kier alpha value is -1.27. The molecule has 0 unspecified atom stereocenters. The highest BCUT2D eigenvalue weighted by atomic mass is 19.4. The molecule has 0 heterocycles. The summed E-state index contributed by atoms with van der Waals surface area (Å²) in [4.78, 5) is 21.6. The molecular formula is C15H25F3O4. The molecule has 0 saturated heterocycles. The van der Waals surface area contributed by atoms with Crippen molar-refractivity contribution in [2.45, 2.75) is 70.9 Å². The van der Waals surface area contributed by atoms with Crippen LogP contribution in [0.5, 0.6) is 0 Å². The summed E-state index contributed by atoms with van der Waals surface area (Å²) in [5.41, 5.74) is 0. The van der Waals surface area contributed by atoms with Crippen LogP contribution in [0.2, 0.25) is 0 Å². The second-order valence-electron chi connectivity index (χ2n) is 5.08. The maximum absolute atomic E-state index is 11.8. The standard InChI is InChI=1S/C15H25F3O4/c1-2-3-4-5-6-7-8-9-10-13(19)21-11-12-22-14(20)15(16,17)18/h2-12H2,1H3. The van der Waals surface area contributed by atoms with Gasteiger partial charge in [0.25, 0.3) is 0 Å². The van der Waals surface area contributed by atoms with E-state index in [0.29, 0.717) is 6.42 Å². The number of hydrogen-bond acceptors (Lipinski definition) is 4. The van der Waals surface area contributed by atoms with Gasteiger partial charge in [-0.1, -0.05) is 51.9 Å². The topological polar surface area (TPSA) is 52.6 Å². The molecule has 0 rings (SSSR count). The van der Waals surface area contributed by atoms with Gasteiger partial charge < -0.3 is 9.47 Å². The van der Waals surface area contributed by atoms with Crippen LogP contribution >= 0.6 is 0 Å². The molecule has 0 N–H and O–H groups in total. The molecular weight excluding hydrogens is 301 g/mol. The minimum absolute atomic E-state index is 0.238. The zero-order valence-electron chi connectivity index (χ0n) is 13.0. The molecule has 0 aliphatic heterocycles.